The van der Waals surface area contributed by atoms with Crippen LogP contribution in [-0.2, 0) is 16.1 Å². The number of rotatable bonds is 4. The van der Waals surface area contributed by atoms with Crippen LogP contribution in [-0.4, -0.2) is 23.3 Å². The fourth-order valence-corrected chi connectivity index (χ4v) is 2.83. The largest absolute Gasteiger partial charge is 0.338 e. The van der Waals surface area contributed by atoms with Gasteiger partial charge in [0.1, 0.15) is 5.82 Å². The molecule has 0 radical (unpaired) electrons. The summed E-state index contributed by atoms with van der Waals surface area (Å²) in [5, 5.41) is 2.68. The Balaban J connectivity index is 1.61. The molecule has 1 atom stereocenters. The van der Waals surface area contributed by atoms with E-state index in [1.54, 1.807) is 11.0 Å². The van der Waals surface area contributed by atoms with Crippen LogP contribution in [0.3, 0.4) is 0 Å². The van der Waals surface area contributed by atoms with Gasteiger partial charge in [-0.15, -0.1) is 0 Å². The van der Waals surface area contributed by atoms with E-state index in [1.165, 1.54) is 23.8 Å². The predicted molar refractivity (Wildman–Crippen MR) is 89.7 cm³/mol. The minimum absolute atomic E-state index is 0.0324. The van der Waals surface area contributed by atoms with Gasteiger partial charge in [0.15, 0.2) is 0 Å². The Hall–Kier alpha value is -2.69. The maximum absolute atomic E-state index is 13.2. The zero-order chi connectivity index (χ0) is 17.1. The molecular formula is C19H19FN2O2. The van der Waals surface area contributed by atoms with Gasteiger partial charge in [-0.05, 0) is 30.7 Å². The van der Waals surface area contributed by atoms with Gasteiger partial charge in [0.25, 0.3) is 0 Å². The van der Waals surface area contributed by atoms with Crippen molar-refractivity contribution in [1.29, 1.82) is 0 Å². The summed E-state index contributed by atoms with van der Waals surface area (Å²) in [6.07, 6.45) is 0.188. The fourth-order valence-electron chi connectivity index (χ4n) is 2.83. The van der Waals surface area contributed by atoms with Gasteiger partial charge in [0.2, 0.25) is 11.8 Å². The Morgan fingerprint density at radius 3 is 2.71 bits per heavy atom. The molecule has 0 saturated carbocycles. The Labute approximate surface area is 140 Å². The third-order valence-electron chi connectivity index (χ3n) is 4.17. The van der Waals surface area contributed by atoms with Gasteiger partial charge in [-0.25, -0.2) is 4.39 Å². The van der Waals surface area contributed by atoms with Crippen molar-refractivity contribution < 1.29 is 14.0 Å². The quantitative estimate of drug-likeness (QED) is 0.938. The molecule has 2 aromatic rings. The number of likely N-dealkylation sites (tertiary alicyclic amines) is 1. The molecule has 5 heteroatoms. The number of carbonyl (C=O) groups is 2. The third kappa shape index (κ3) is 3.79. The number of halogens is 1. The molecule has 1 heterocycles. The molecule has 1 fully saturated rings. The van der Waals surface area contributed by atoms with Crippen molar-refractivity contribution in [2.75, 3.05) is 11.9 Å². The second-order valence-corrected chi connectivity index (χ2v) is 6.16. The van der Waals surface area contributed by atoms with Crippen molar-refractivity contribution in [2.45, 2.75) is 19.9 Å². The van der Waals surface area contributed by atoms with Gasteiger partial charge in [-0.1, -0.05) is 35.9 Å². The van der Waals surface area contributed by atoms with Gasteiger partial charge in [0.05, 0.1) is 5.92 Å². The second kappa shape index (κ2) is 6.83. The number of anilines is 1. The van der Waals surface area contributed by atoms with E-state index in [4.69, 9.17) is 0 Å². The normalized spacial score (nSPS) is 17.2. The number of hydrogen-bond donors (Lipinski definition) is 1. The maximum atomic E-state index is 13.2. The van der Waals surface area contributed by atoms with Crippen molar-refractivity contribution in [3.8, 4) is 0 Å². The molecule has 1 aliphatic rings. The monoisotopic (exact) mass is 326 g/mol. The average Bonchev–Trinajstić information content (AvgIpc) is 2.91. The number of aryl methyl sites for hydroxylation is 1. The minimum atomic E-state index is -0.411. The molecule has 1 N–H and O–H groups in total. The highest BCUT2D eigenvalue weighted by molar-refractivity contribution is 5.97. The van der Waals surface area contributed by atoms with Gasteiger partial charge in [-0.3, -0.25) is 9.59 Å². The molecule has 0 spiro atoms. The van der Waals surface area contributed by atoms with E-state index in [0.29, 0.717) is 18.8 Å². The van der Waals surface area contributed by atoms with Crippen LogP contribution in [0.4, 0.5) is 10.1 Å². The molecule has 124 valence electrons. The molecule has 0 aliphatic carbocycles. The van der Waals surface area contributed by atoms with Crippen LogP contribution < -0.4 is 5.32 Å². The van der Waals surface area contributed by atoms with Crippen molar-refractivity contribution in [3.05, 3.63) is 65.5 Å². The molecule has 2 aromatic carbocycles. The van der Waals surface area contributed by atoms with E-state index in [9.17, 15) is 14.0 Å². The summed E-state index contributed by atoms with van der Waals surface area (Å²) in [7, 11) is 0. The fraction of sp³-hybridized carbons (Fsp3) is 0.263. The first-order valence-electron chi connectivity index (χ1n) is 7.91. The highest BCUT2D eigenvalue weighted by Crippen LogP contribution is 2.22. The van der Waals surface area contributed by atoms with Gasteiger partial charge in [0, 0.05) is 25.2 Å². The summed E-state index contributed by atoms with van der Waals surface area (Å²) in [5.74, 6) is -1.10. The number of amides is 2. The Bertz CT molecular complexity index is 758. The summed E-state index contributed by atoms with van der Waals surface area (Å²) in [6, 6.07) is 13.7. The minimum Gasteiger partial charge on any atom is -0.338 e. The Morgan fingerprint density at radius 2 is 2.00 bits per heavy atom. The van der Waals surface area contributed by atoms with Crippen molar-refractivity contribution >= 4 is 17.5 Å². The molecule has 2 amide bonds. The third-order valence-corrected chi connectivity index (χ3v) is 4.17. The van der Waals surface area contributed by atoms with Crippen LogP contribution in [0, 0.1) is 18.7 Å². The van der Waals surface area contributed by atoms with Crippen molar-refractivity contribution in [2.24, 2.45) is 5.92 Å². The molecule has 24 heavy (non-hydrogen) atoms. The number of nitrogens with zero attached hydrogens (tertiary/aromatic N) is 1. The molecule has 1 aliphatic heterocycles. The van der Waals surface area contributed by atoms with E-state index in [2.05, 4.69) is 5.32 Å². The maximum Gasteiger partial charge on any atom is 0.229 e. The lowest BCUT2D eigenvalue weighted by atomic mass is 10.1. The van der Waals surface area contributed by atoms with Crippen molar-refractivity contribution in [3.63, 3.8) is 0 Å². The van der Waals surface area contributed by atoms with E-state index in [0.717, 1.165) is 5.56 Å². The summed E-state index contributed by atoms with van der Waals surface area (Å²) in [6.45, 7) is 2.90. The standard InChI is InChI=1S/C19H19FN2O2/c1-13-5-7-14(8-6-13)11-22-12-15(9-18(22)23)19(24)21-17-4-2-3-16(20)10-17/h2-8,10,15H,9,11-12H2,1H3,(H,21,24). The van der Waals surface area contributed by atoms with Crippen LogP contribution in [0.25, 0.3) is 0 Å². The first-order valence-corrected chi connectivity index (χ1v) is 7.91. The van der Waals surface area contributed by atoms with E-state index in [-0.39, 0.29) is 18.2 Å². The number of nitrogens with one attached hydrogen (secondary N) is 1. The van der Waals surface area contributed by atoms with Gasteiger partial charge >= 0.3 is 0 Å². The summed E-state index contributed by atoms with van der Waals surface area (Å²) < 4.78 is 13.2. The molecule has 1 saturated heterocycles. The van der Waals surface area contributed by atoms with Crippen LogP contribution in [0.5, 0.6) is 0 Å². The first kappa shape index (κ1) is 16.2. The van der Waals surface area contributed by atoms with Gasteiger partial charge < -0.3 is 10.2 Å². The first-order chi connectivity index (χ1) is 11.5. The molecule has 4 nitrogen and oxygen atoms in total. The highest BCUT2D eigenvalue weighted by atomic mass is 19.1. The zero-order valence-electron chi connectivity index (χ0n) is 13.5. The molecule has 0 aromatic heterocycles. The van der Waals surface area contributed by atoms with Gasteiger partial charge in [-0.2, -0.15) is 0 Å². The second-order valence-electron chi connectivity index (χ2n) is 6.16. The van der Waals surface area contributed by atoms with Crippen LogP contribution >= 0.6 is 0 Å². The molecule has 0 bridgehead atoms. The van der Waals surface area contributed by atoms with E-state index < -0.39 is 11.7 Å². The lowest BCUT2D eigenvalue weighted by Crippen LogP contribution is -2.28. The number of benzene rings is 2. The Morgan fingerprint density at radius 1 is 1.25 bits per heavy atom. The smallest absolute Gasteiger partial charge is 0.229 e. The van der Waals surface area contributed by atoms with E-state index in [1.807, 2.05) is 31.2 Å². The summed E-state index contributed by atoms with van der Waals surface area (Å²) in [5.41, 5.74) is 2.61. The SMILES string of the molecule is Cc1ccc(CN2CC(C(=O)Nc3cccc(F)c3)CC2=O)cc1. The topological polar surface area (TPSA) is 49.4 Å². The average molecular weight is 326 g/mol. The Kier molecular flexibility index (Phi) is 4.60. The number of hydrogen-bond acceptors (Lipinski definition) is 2. The lowest BCUT2D eigenvalue weighted by Gasteiger charge is -2.17. The zero-order valence-corrected chi connectivity index (χ0v) is 13.5. The molecular weight excluding hydrogens is 307 g/mol. The van der Waals surface area contributed by atoms with Crippen LogP contribution in [0.2, 0.25) is 0 Å². The number of carbonyl (C=O) groups excluding carboxylic acids is 2. The van der Waals surface area contributed by atoms with Crippen LogP contribution in [0.15, 0.2) is 48.5 Å². The van der Waals surface area contributed by atoms with Crippen LogP contribution in [0.1, 0.15) is 17.5 Å². The lowest BCUT2D eigenvalue weighted by molar-refractivity contribution is -0.128. The molecule has 1 unspecified atom stereocenters. The van der Waals surface area contributed by atoms with Crippen molar-refractivity contribution in [1.82, 2.24) is 4.90 Å². The predicted octanol–water partition coefficient (Wildman–Crippen LogP) is 3.12. The van der Waals surface area contributed by atoms with E-state index >= 15 is 0 Å². The molecule has 3 rings (SSSR count). The summed E-state index contributed by atoms with van der Waals surface area (Å²) >= 11 is 0. The summed E-state index contributed by atoms with van der Waals surface area (Å²) in [4.78, 5) is 26.1. The highest BCUT2D eigenvalue weighted by Gasteiger charge is 2.34.